The molecular weight excluding hydrogens is 252 g/mol. The molecule has 1 aliphatic heterocycles. The quantitative estimate of drug-likeness (QED) is 0.828. The summed E-state index contributed by atoms with van der Waals surface area (Å²) >= 11 is 0. The lowest BCUT2D eigenvalue weighted by Gasteiger charge is -2.30. The normalized spacial score (nSPS) is 17.1. The average Bonchev–Trinajstić information content (AvgIpc) is 2.47. The van der Waals surface area contributed by atoms with Gasteiger partial charge in [-0.15, -0.1) is 0 Å². The number of likely N-dealkylation sites (tertiary alicyclic amines) is 1. The molecule has 0 unspecified atom stereocenters. The Labute approximate surface area is 120 Å². The number of carbonyl (C=O) groups is 1. The van der Waals surface area contributed by atoms with Gasteiger partial charge in [0.25, 0.3) is 0 Å². The molecular formula is C15H24N4O. The molecule has 2 rings (SSSR count). The third-order valence-corrected chi connectivity index (χ3v) is 3.82. The molecule has 110 valence electrons. The van der Waals surface area contributed by atoms with Crippen molar-refractivity contribution in [2.75, 3.05) is 25.0 Å². The van der Waals surface area contributed by atoms with Gasteiger partial charge in [0.15, 0.2) is 0 Å². The van der Waals surface area contributed by atoms with E-state index in [2.05, 4.69) is 28.2 Å². The summed E-state index contributed by atoms with van der Waals surface area (Å²) in [6, 6.07) is 4.09. The van der Waals surface area contributed by atoms with Gasteiger partial charge in [0.1, 0.15) is 5.82 Å². The van der Waals surface area contributed by atoms with Crippen LogP contribution in [0.1, 0.15) is 31.7 Å². The number of nitrogens with zero attached hydrogens (tertiary/aromatic N) is 2. The number of pyridine rings is 1. The Morgan fingerprint density at radius 3 is 2.90 bits per heavy atom. The fourth-order valence-corrected chi connectivity index (χ4v) is 2.59. The van der Waals surface area contributed by atoms with Gasteiger partial charge in [0.05, 0.1) is 0 Å². The Morgan fingerprint density at radius 1 is 1.50 bits per heavy atom. The zero-order chi connectivity index (χ0) is 14.4. The summed E-state index contributed by atoms with van der Waals surface area (Å²) in [4.78, 5) is 18.0. The Hall–Kier alpha value is -1.62. The third-order valence-electron chi connectivity index (χ3n) is 3.82. The predicted molar refractivity (Wildman–Crippen MR) is 80.2 cm³/mol. The van der Waals surface area contributed by atoms with Gasteiger partial charge in [-0.05, 0) is 38.4 Å². The first-order valence-corrected chi connectivity index (χ1v) is 7.40. The summed E-state index contributed by atoms with van der Waals surface area (Å²) in [5.41, 5.74) is 6.59. The first-order chi connectivity index (χ1) is 9.70. The predicted octanol–water partition coefficient (Wildman–Crippen LogP) is 1.60. The summed E-state index contributed by atoms with van der Waals surface area (Å²) < 4.78 is 0. The van der Waals surface area contributed by atoms with Crippen LogP contribution in [0.4, 0.5) is 5.82 Å². The van der Waals surface area contributed by atoms with Crippen molar-refractivity contribution in [3.05, 3.63) is 23.9 Å². The first kappa shape index (κ1) is 14.8. The summed E-state index contributed by atoms with van der Waals surface area (Å²) in [5.74, 6) is 0.875. The average molecular weight is 276 g/mol. The van der Waals surface area contributed by atoms with E-state index in [1.807, 2.05) is 12.3 Å². The number of anilines is 1. The number of nitrogens with one attached hydrogen (secondary N) is 1. The third kappa shape index (κ3) is 3.93. The van der Waals surface area contributed by atoms with Crippen LogP contribution in [0.3, 0.4) is 0 Å². The van der Waals surface area contributed by atoms with Gasteiger partial charge < -0.3 is 11.1 Å². The second-order valence-electron chi connectivity index (χ2n) is 5.39. The van der Waals surface area contributed by atoms with Crippen LogP contribution >= 0.6 is 0 Å². The number of hydrogen-bond acceptors (Lipinski definition) is 4. The van der Waals surface area contributed by atoms with E-state index < -0.39 is 0 Å². The van der Waals surface area contributed by atoms with E-state index in [9.17, 15) is 4.79 Å². The number of carbonyl (C=O) groups excluding carboxylic acids is 1. The van der Waals surface area contributed by atoms with Gasteiger partial charge in [-0.2, -0.15) is 0 Å². The smallest absolute Gasteiger partial charge is 0.220 e. The van der Waals surface area contributed by atoms with E-state index in [0.29, 0.717) is 0 Å². The molecule has 0 aromatic carbocycles. The van der Waals surface area contributed by atoms with Crippen molar-refractivity contribution in [1.82, 2.24) is 9.88 Å². The van der Waals surface area contributed by atoms with Gasteiger partial charge >= 0.3 is 0 Å². The molecule has 0 radical (unpaired) electrons. The number of aromatic nitrogens is 1. The number of hydrogen-bond donors (Lipinski definition) is 2. The highest BCUT2D eigenvalue weighted by molar-refractivity contribution is 5.76. The van der Waals surface area contributed by atoms with Gasteiger partial charge in [0.2, 0.25) is 5.91 Å². The van der Waals surface area contributed by atoms with Crippen LogP contribution in [0.15, 0.2) is 18.3 Å². The maximum atomic E-state index is 11.2. The highest BCUT2D eigenvalue weighted by atomic mass is 16.1. The molecule has 0 atom stereocenters. The van der Waals surface area contributed by atoms with Crippen molar-refractivity contribution >= 4 is 11.7 Å². The Kier molecular flexibility index (Phi) is 5.35. The van der Waals surface area contributed by atoms with Crippen molar-refractivity contribution in [2.24, 2.45) is 11.7 Å². The minimum atomic E-state index is -0.156. The topological polar surface area (TPSA) is 71.2 Å². The maximum Gasteiger partial charge on any atom is 0.220 e. The molecule has 1 saturated heterocycles. The van der Waals surface area contributed by atoms with Crippen LogP contribution in [-0.4, -0.2) is 35.4 Å². The molecule has 1 aromatic rings. The van der Waals surface area contributed by atoms with Gasteiger partial charge in [-0.3, -0.25) is 9.69 Å². The van der Waals surface area contributed by atoms with Gasteiger partial charge in [-0.1, -0.05) is 13.0 Å². The van der Waals surface area contributed by atoms with Crippen LogP contribution in [0.5, 0.6) is 0 Å². The highest BCUT2D eigenvalue weighted by Gasteiger charge is 2.23. The number of rotatable bonds is 6. The summed E-state index contributed by atoms with van der Waals surface area (Å²) in [6.07, 6.45) is 4.64. The van der Waals surface area contributed by atoms with Gasteiger partial charge in [0, 0.05) is 30.8 Å². The standard InChI is InChI=1S/C15H24N4O/c1-2-7-17-15-13(4-3-8-18-15)11-19-9-5-12(6-10-19)14(16)20/h3-4,8,12H,2,5-7,9-11H2,1H3,(H2,16,20)(H,17,18). The molecule has 1 fully saturated rings. The van der Waals surface area contributed by atoms with Crippen LogP contribution in [0, 0.1) is 5.92 Å². The zero-order valence-corrected chi connectivity index (χ0v) is 12.1. The molecule has 0 bridgehead atoms. The van der Waals surface area contributed by atoms with E-state index in [1.165, 1.54) is 5.56 Å². The lowest BCUT2D eigenvalue weighted by Crippen LogP contribution is -2.38. The number of piperidine rings is 1. The van der Waals surface area contributed by atoms with E-state index in [-0.39, 0.29) is 11.8 Å². The van der Waals surface area contributed by atoms with Crippen molar-refractivity contribution in [1.29, 1.82) is 0 Å². The molecule has 1 amide bonds. The molecule has 3 N–H and O–H groups in total. The van der Waals surface area contributed by atoms with E-state index in [4.69, 9.17) is 5.73 Å². The van der Waals surface area contributed by atoms with Crippen LogP contribution < -0.4 is 11.1 Å². The van der Waals surface area contributed by atoms with Crippen molar-refractivity contribution < 1.29 is 4.79 Å². The summed E-state index contributed by atoms with van der Waals surface area (Å²) in [5, 5.41) is 3.37. The molecule has 1 aliphatic rings. The van der Waals surface area contributed by atoms with Crippen molar-refractivity contribution in [3.63, 3.8) is 0 Å². The lowest BCUT2D eigenvalue weighted by atomic mass is 9.96. The van der Waals surface area contributed by atoms with Gasteiger partial charge in [-0.25, -0.2) is 4.98 Å². The minimum Gasteiger partial charge on any atom is -0.370 e. The Bertz CT molecular complexity index is 441. The van der Waals surface area contributed by atoms with E-state index in [1.54, 1.807) is 0 Å². The molecule has 5 heteroatoms. The highest BCUT2D eigenvalue weighted by Crippen LogP contribution is 2.21. The fourth-order valence-electron chi connectivity index (χ4n) is 2.59. The number of nitrogens with two attached hydrogens (primary N) is 1. The summed E-state index contributed by atoms with van der Waals surface area (Å²) in [7, 11) is 0. The second kappa shape index (κ2) is 7.24. The van der Waals surface area contributed by atoms with E-state index >= 15 is 0 Å². The van der Waals surface area contributed by atoms with Crippen LogP contribution in [-0.2, 0) is 11.3 Å². The summed E-state index contributed by atoms with van der Waals surface area (Å²) in [6.45, 7) is 5.81. The fraction of sp³-hybridized carbons (Fsp3) is 0.600. The van der Waals surface area contributed by atoms with Crippen LogP contribution in [0.2, 0.25) is 0 Å². The maximum absolute atomic E-state index is 11.2. The second-order valence-corrected chi connectivity index (χ2v) is 5.39. The molecule has 5 nitrogen and oxygen atoms in total. The molecule has 1 aromatic heterocycles. The molecule has 20 heavy (non-hydrogen) atoms. The molecule has 0 spiro atoms. The lowest BCUT2D eigenvalue weighted by molar-refractivity contribution is -0.123. The Balaban J connectivity index is 1.92. The zero-order valence-electron chi connectivity index (χ0n) is 12.1. The van der Waals surface area contributed by atoms with Crippen LogP contribution in [0.25, 0.3) is 0 Å². The van der Waals surface area contributed by atoms with E-state index in [0.717, 1.165) is 51.3 Å². The first-order valence-electron chi connectivity index (χ1n) is 7.40. The molecule has 0 saturated carbocycles. The van der Waals surface area contributed by atoms with Crippen molar-refractivity contribution in [3.8, 4) is 0 Å². The Morgan fingerprint density at radius 2 is 2.25 bits per heavy atom. The SMILES string of the molecule is CCCNc1ncccc1CN1CCC(C(N)=O)CC1. The number of amides is 1. The molecule has 0 aliphatic carbocycles. The number of primary amides is 1. The monoisotopic (exact) mass is 276 g/mol. The van der Waals surface area contributed by atoms with Crippen molar-refractivity contribution in [2.45, 2.75) is 32.7 Å². The largest absolute Gasteiger partial charge is 0.370 e. The minimum absolute atomic E-state index is 0.0536. The molecule has 2 heterocycles.